The molecule has 1 saturated heterocycles. The van der Waals surface area contributed by atoms with Gasteiger partial charge in [-0.05, 0) is 6.42 Å². The minimum atomic E-state index is -3.14. The Morgan fingerprint density at radius 1 is 1.18 bits per heavy atom. The van der Waals surface area contributed by atoms with Gasteiger partial charge in [-0.15, -0.1) is 24.0 Å². The highest BCUT2D eigenvalue weighted by molar-refractivity contribution is 14.0. The minimum Gasteiger partial charge on any atom is -0.356 e. The first-order valence-corrected chi connectivity index (χ1v) is 10.4. The Balaban J connectivity index is 0.00000441. The Morgan fingerprint density at radius 2 is 1.82 bits per heavy atom. The molecule has 0 radical (unpaired) electrons. The summed E-state index contributed by atoms with van der Waals surface area (Å²) < 4.78 is 25.9. The van der Waals surface area contributed by atoms with Crippen LogP contribution in [0, 0.1) is 0 Å². The van der Waals surface area contributed by atoms with Gasteiger partial charge >= 0.3 is 0 Å². The molecule has 0 bridgehead atoms. The number of rotatable bonds is 8. The molecule has 1 rings (SSSR count). The normalized spacial score (nSPS) is 16.9. The fraction of sp³-hybridized carbons (Fsp3) is 0.923. The number of hydrogen-bond donors (Lipinski definition) is 2. The number of nitrogens with zero attached hydrogens (tertiary/aromatic N) is 2. The van der Waals surface area contributed by atoms with Gasteiger partial charge in [-0.1, -0.05) is 19.8 Å². The van der Waals surface area contributed by atoms with E-state index < -0.39 is 10.0 Å². The van der Waals surface area contributed by atoms with Gasteiger partial charge in [0.25, 0.3) is 0 Å². The molecule has 1 heterocycles. The van der Waals surface area contributed by atoms with E-state index in [0.29, 0.717) is 25.6 Å². The van der Waals surface area contributed by atoms with Crippen LogP contribution in [0.15, 0.2) is 4.99 Å². The highest BCUT2D eigenvalue weighted by Gasteiger charge is 2.23. The molecule has 1 aliphatic rings. The lowest BCUT2D eigenvalue weighted by atomic mass is 10.2. The molecule has 1 fully saturated rings. The molecule has 132 valence electrons. The molecule has 6 nitrogen and oxygen atoms in total. The molecule has 0 amide bonds. The molecule has 0 aromatic carbocycles. The number of aliphatic imine (C=N–C) groups is 1. The van der Waals surface area contributed by atoms with Crippen molar-refractivity contribution in [3.8, 4) is 0 Å². The maximum atomic E-state index is 12.2. The van der Waals surface area contributed by atoms with E-state index in [0.717, 1.165) is 24.5 Å². The van der Waals surface area contributed by atoms with Crippen molar-refractivity contribution in [3.05, 3.63) is 0 Å². The molecule has 0 unspecified atom stereocenters. The third-order valence-corrected chi connectivity index (χ3v) is 6.13. The zero-order valence-corrected chi connectivity index (χ0v) is 17.5. The fourth-order valence-electron chi connectivity index (χ4n) is 2.05. The quantitative estimate of drug-likeness (QED) is 0.246. The van der Waals surface area contributed by atoms with Gasteiger partial charge in [0, 0.05) is 44.7 Å². The zero-order valence-electron chi connectivity index (χ0n) is 13.5. The molecule has 2 N–H and O–H groups in total. The van der Waals surface area contributed by atoms with Crippen molar-refractivity contribution >= 4 is 51.7 Å². The predicted molar refractivity (Wildman–Crippen MR) is 107 cm³/mol. The molecule has 0 spiro atoms. The third kappa shape index (κ3) is 8.78. The van der Waals surface area contributed by atoms with Crippen LogP contribution in [-0.2, 0) is 10.0 Å². The summed E-state index contributed by atoms with van der Waals surface area (Å²) in [7, 11) is -1.44. The zero-order chi connectivity index (χ0) is 15.6. The van der Waals surface area contributed by atoms with Crippen LogP contribution in [0.2, 0.25) is 0 Å². The van der Waals surface area contributed by atoms with E-state index in [1.165, 1.54) is 12.8 Å². The van der Waals surface area contributed by atoms with Crippen molar-refractivity contribution in [2.24, 2.45) is 4.99 Å². The van der Waals surface area contributed by atoms with E-state index in [9.17, 15) is 8.42 Å². The van der Waals surface area contributed by atoms with E-state index in [-0.39, 0.29) is 29.7 Å². The van der Waals surface area contributed by atoms with Gasteiger partial charge < -0.3 is 10.6 Å². The van der Waals surface area contributed by atoms with Crippen LogP contribution in [0.5, 0.6) is 0 Å². The lowest BCUT2D eigenvalue weighted by molar-refractivity contribution is 0.443. The third-order valence-electron chi connectivity index (χ3n) is 3.31. The second kappa shape index (κ2) is 12.7. The summed E-state index contributed by atoms with van der Waals surface area (Å²) in [6.07, 6.45) is 3.46. The number of halogens is 1. The summed E-state index contributed by atoms with van der Waals surface area (Å²) in [5.41, 5.74) is 0. The minimum absolute atomic E-state index is 0. The van der Waals surface area contributed by atoms with Crippen LogP contribution in [0.25, 0.3) is 0 Å². The standard InChI is InChI=1S/C13H28N4O2S2.HI/c1-3-4-5-6-15-13(14-2)16-7-12-21(18,19)17-8-10-20-11-9-17;/h3-12H2,1-2H3,(H2,14,15,16);1H. The summed E-state index contributed by atoms with van der Waals surface area (Å²) in [5, 5.41) is 6.27. The summed E-state index contributed by atoms with van der Waals surface area (Å²) in [6, 6.07) is 0. The molecular weight excluding hydrogens is 435 g/mol. The van der Waals surface area contributed by atoms with E-state index in [4.69, 9.17) is 0 Å². The molecule has 1 aliphatic heterocycles. The second-order valence-electron chi connectivity index (χ2n) is 4.96. The number of hydrogen-bond acceptors (Lipinski definition) is 4. The van der Waals surface area contributed by atoms with E-state index in [1.807, 2.05) is 11.8 Å². The van der Waals surface area contributed by atoms with Crippen LogP contribution in [-0.4, -0.2) is 69.2 Å². The summed E-state index contributed by atoms with van der Waals surface area (Å²) in [5.74, 6) is 2.59. The number of sulfonamides is 1. The number of nitrogens with one attached hydrogen (secondary N) is 2. The topological polar surface area (TPSA) is 73.8 Å². The van der Waals surface area contributed by atoms with Crippen molar-refractivity contribution in [1.82, 2.24) is 14.9 Å². The molecule has 0 aromatic rings. The molecule has 0 aromatic heterocycles. The highest BCUT2D eigenvalue weighted by Crippen LogP contribution is 2.12. The van der Waals surface area contributed by atoms with Gasteiger partial charge in [0.2, 0.25) is 10.0 Å². The Bertz CT molecular complexity index is 412. The lowest BCUT2D eigenvalue weighted by Gasteiger charge is -2.25. The monoisotopic (exact) mass is 464 g/mol. The first-order valence-electron chi connectivity index (χ1n) is 7.60. The summed E-state index contributed by atoms with van der Waals surface area (Å²) >= 11 is 1.81. The highest BCUT2D eigenvalue weighted by atomic mass is 127. The fourth-order valence-corrected chi connectivity index (χ4v) is 4.55. The van der Waals surface area contributed by atoms with Gasteiger partial charge in [-0.25, -0.2) is 12.7 Å². The van der Waals surface area contributed by atoms with Crippen LogP contribution in [0.3, 0.4) is 0 Å². The van der Waals surface area contributed by atoms with Gasteiger partial charge in [0.15, 0.2) is 5.96 Å². The molecule has 0 saturated carbocycles. The van der Waals surface area contributed by atoms with Gasteiger partial charge in [0.05, 0.1) is 5.75 Å². The van der Waals surface area contributed by atoms with E-state index in [2.05, 4.69) is 22.5 Å². The molecule has 0 atom stereocenters. The maximum Gasteiger partial charge on any atom is 0.215 e. The SMILES string of the molecule is CCCCCNC(=NC)NCCS(=O)(=O)N1CCSCC1.I. The van der Waals surface area contributed by atoms with Gasteiger partial charge in [0.1, 0.15) is 0 Å². The predicted octanol–water partition coefficient (Wildman–Crippen LogP) is 1.34. The molecular formula is C13H29IN4O2S2. The Morgan fingerprint density at radius 3 is 2.41 bits per heavy atom. The van der Waals surface area contributed by atoms with Gasteiger partial charge in [-0.3, -0.25) is 4.99 Å². The van der Waals surface area contributed by atoms with Crippen molar-refractivity contribution in [3.63, 3.8) is 0 Å². The molecule has 0 aliphatic carbocycles. The lowest BCUT2D eigenvalue weighted by Crippen LogP contribution is -2.44. The number of unbranched alkanes of at least 4 members (excludes halogenated alkanes) is 2. The summed E-state index contributed by atoms with van der Waals surface area (Å²) in [6.45, 7) is 4.69. The number of guanidine groups is 1. The maximum absolute atomic E-state index is 12.2. The van der Waals surface area contributed by atoms with Crippen molar-refractivity contribution in [2.75, 3.05) is 50.5 Å². The van der Waals surface area contributed by atoms with Gasteiger partial charge in [-0.2, -0.15) is 11.8 Å². The summed E-state index contributed by atoms with van der Waals surface area (Å²) in [4.78, 5) is 4.10. The largest absolute Gasteiger partial charge is 0.356 e. The molecule has 22 heavy (non-hydrogen) atoms. The Hall–Kier alpha value is 0.260. The Kier molecular flexibility index (Phi) is 12.8. The van der Waals surface area contributed by atoms with Crippen molar-refractivity contribution in [2.45, 2.75) is 26.2 Å². The van der Waals surface area contributed by atoms with Crippen molar-refractivity contribution in [1.29, 1.82) is 0 Å². The second-order valence-corrected chi connectivity index (χ2v) is 8.27. The van der Waals surface area contributed by atoms with E-state index in [1.54, 1.807) is 11.4 Å². The average Bonchev–Trinajstić information content (AvgIpc) is 2.50. The first-order chi connectivity index (χ1) is 10.1. The van der Waals surface area contributed by atoms with Crippen molar-refractivity contribution < 1.29 is 8.42 Å². The number of thioether (sulfide) groups is 1. The van der Waals surface area contributed by atoms with Crippen LogP contribution >= 0.6 is 35.7 Å². The van der Waals surface area contributed by atoms with Crippen LogP contribution in [0.1, 0.15) is 26.2 Å². The van der Waals surface area contributed by atoms with Crippen LogP contribution in [0.4, 0.5) is 0 Å². The smallest absolute Gasteiger partial charge is 0.215 e. The van der Waals surface area contributed by atoms with E-state index >= 15 is 0 Å². The average molecular weight is 464 g/mol. The first kappa shape index (κ1) is 22.3. The Labute approximate surface area is 156 Å². The van der Waals surface area contributed by atoms with Crippen LogP contribution < -0.4 is 10.6 Å². The molecule has 9 heteroatoms.